The lowest BCUT2D eigenvalue weighted by molar-refractivity contribution is 0.317. The molecular formula is C15H19N3O2. The van der Waals surface area contributed by atoms with E-state index in [-0.39, 0.29) is 0 Å². The lowest BCUT2D eigenvalue weighted by atomic mass is 10.2. The molecule has 5 nitrogen and oxygen atoms in total. The first kappa shape index (κ1) is 12.0. The smallest absolute Gasteiger partial charge is 0.183 e. The molecule has 4 rings (SSSR count). The maximum atomic E-state index is 5.83. The van der Waals surface area contributed by atoms with Gasteiger partial charge in [0.15, 0.2) is 11.4 Å². The number of ether oxygens (including phenoxy) is 1. The van der Waals surface area contributed by atoms with Crippen LogP contribution in [-0.4, -0.2) is 49.4 Å². The Labute approximate surface area is 118 Å². The normalized spacial score (nSPS) is 19.3. The summed E-state index contributed by atoms with van der Waals surface area (Å²) in [5.74, 6) is 1.83. The molecule has 0 aliphatic carbocycles. The molecule has 20 heavy (non-hydrogen) atoms. The molecule has 0 bridgehead atoms. The van der Waals surface area contributed by atoms with Gasteiger partial charge in [0.1, 0.15) is 17.7 Å². The maximum Gasteiger partial charge on any atom is 0.183 e. The molecule has 0 N–H and O–H groups in total. The molecule has 1 aromatic carbocycles. The first-order valence-electron chi connectivity index (χ1n) is 7.40. The van der Waals surface area contributed by atoms with Gasteiger partial charge in [0, 0.05) is 13.1 Å². The van der Waals surface area contributed by atoms with Gasteiger partial charge in [-0.3, -0.25) is 0 Å². The van der Waals surface area contributed by atoms with E-state index in [2.05, 4.69) is 15.0 Å². The lowest BCUT2D eigenvalue weighted by Gasteiger charge is -2.23. The zero-order valence-electron chi connectivity index (χ0n) is 11.5. The van der Waals surface area contributed by atoms with Gasteiger partial charge < -0.3 is 19.1 Å². The van der Waals surface area contributed by atoms with Crippen molar-refractivity contribution in [2.24, 2.45) is 0 Å². The van der Waals surface area contributed by atoms with Crippen LogP contribution < -0.4 is 9.64 Å². The molecule has 0 saturated carbocycles. The first-order chi connectivity index (χ1) is 9.92. The van der Waals surface area contributed by atoms with Crippen LogP contribution in [0.1, 0.15) is 12.8 Å². The van der Waals surface area contributed by atoms with Crippen LogP contribution in [-0.2, 0) is 0 Å². The van der Waals surface area contributed by atoms with E-state index in [4.69, 9.17) is 9.26 Å². The highest BCUT2D eigenvalue weighted by molar-refractivity contribution is 5.94. The summed E-state index contributed by atoms with van der Waals surface area (Å²) in [6.07, 6.45) is 2.67. The highest BCUT2D eigenvalue weighted by atomic mass is 16.5. The minimum absolute atomic E-state index is 0.704. The van der Waals surface area contributed by atoms with E-state index in [0.717, 1.165) is 42.2 Å². The van der Waals surface area contributed by atoms with Gasteiger partial charge in [0.05, 0.1) is 6.54 Å². The third kappa shape index (κ3) is 2.02. The molecular weight excluding hydrogens is 254 g/mol. The zero-order valence-corrected chi connectivity index (χ0v) is 11.5. The van der Waals surface area contributed by atoms with Crippen molar-refractivity contribution in [1.82, 2.24) is 10.1 Å². The van der Waals surface area contributed by atoms with Crippen LogP contribution in [0.5, 0.6) is 5.75 Å². The van der Waals surface area contributed by atoms with Crippen molar-refractivity contribution in [3.8, 4) is 5.75 Å². The molecule has 0 atom stereocenters. The summed E-state index contributed by atoms with van der Waals surface area (Å²) in [7, 11) is 0. The molecule has 0 radical (unpaired) electrons. The Bertz CT molecular complexity index is 604. The second-order valence-corrected chi connectivity index (χ2v) is 5.52. The standard InChI is InChI=1S/C15H19N3O2/c1-2-7-17(6-1)8-9-18-10-11-19-12-4-3-5-13-14(12)15(18)16-20-13/h3-5H,1-2,6-11H2. The number of anilines is 1. The van der Waals surface area contributed by atoms with Crippen LogP contribution in [0, 0.1) is 0 Å². The van der Waals surface area contributed by atoms with E-state index in [9.17, 15) is 0 Å². The number of hydrogen-bond donors (Lipinski definition) is 0. The molecule has 1 saturated heterocycles. The van der Waals surface area contributed by atoms with E-state index >= 15 is 0 Å². The summed E-state index contributed by atoms with van der Waals surface area (Å²) in [6.45, 7) is 6.11. The first-order valence-corrected chi connectivity index (χ1v) is 7.40. The van der Waals surface area contributed by atoms with Crippen LogP contribution in [0.3, 0.4) is 0 Å². The van der Waals surface area contributed by atoms with Crippen LogP contribution in [0.4, 0.5) is 5.82 Å². The van der Waals surface area contributed by atoms with E-state index in [1.165, 1.54) is 25.9 Å². The summed E-state index contributed by atoms with van der Waals surface area (Å²) in [6, 6.07) is 5.89. The molecule has 0 spiro atoms. The van der Waals surface area contributed by atoms with Gasteiger partial charge in [-0.25, -0.2) is 0 Å². The Morgan fingerprint density at radius 1 is 1.10 bits per heavy atom. The van der Waals surface area contributed by atoms with Crippen molar-refractivity contribution in [2.45, 2.75) is 12.8 Å². The molecule has 1 aromatic heterocycles. The Kier molecular flexibility index (Phi) is 2.99. The lowest BCUT2D eigenvalue weighted by Crippen LogP contribution is -2.35. The van der Waals surface area contributed by atoms with Gasteiger partial charge in [0.25, 0.3) is 0 Å². The second-order valence-electron chi connectivity index (χ2n) is 5.52. The van der Waals surface area contributed by atoms with Crippen LogP contribution >= 0.6 is 0 Å². The van der Waals surface area contributed by atoms with E-state index < -0.39 is 0 Å². The molecule has 0 unspecified atom stereocenters. The average molecular weight is 273 g/mol. The topological polar surface area (TPSA) is 41.7 Å². The predicted octanol–water partition coefficient (Wildman–Crippen LogP) is 2.12. The van der Waals surface area contributed by atoms with Crippen molar-refractivity contribution in [2.75, 3.05) is 44.2 Å². The fraction of sp³-hybridized carbons (Fsp3) is 0.533. The molecule has 2 aromatic rings. The summed E-state index contributed by atoms with van der Waals surface area (Å²) in [5, 5.41) is 5.28. The van der Waals surface area contributed by atoms with Crippen LogP contribution in [0.15, 0.2) is 22.7 Å². The summed E-state index contributed by atoms with van der Waals surface area (Å²) < 4.78 is 11.3. The Morgan fingerprint density at radius 2 is 2.00 bits per heavy atom. The van der Waals surface area contributed by atoms with Gasteiger partial charge >= 0.3 is 0 Å². The second kappa shape index (κ2) is 4.98. The highest BCUT2D eigenvalue weighted by Crippen LogP contribution is 2.35. The quantitative estimate of drug-likeness (QED) is 0.857. The van der Waals surface area contributed by atoms with E-state index in [1.54, 1.807) is 0 Å². The molecule has 5 heteroatoms. The molecule has 3 heterocycles. The third-order valence-electron chi connectivity index (χ3n) is 4.25. The highest BCUT2D eigenvalue weighted by Gasteiger charge is 2.23. The SMILES string of the molecule is c1cc2c3c(noc3c1)N(CCN1CCCC1)CCO2. The predicted molar refractivity (Wildman–Crippen MR) is 77.4 cm³/mol. The number of rotatable bonds is 3. The fourth-order valence-electron chi connectivity index (χ4n) is 3.14. The van der Waals surface area contributed by atoms with Crippen molar-refractivity contribution >= 4 is 16.8 Å². The van der Waals surface area contributed by atoms with Gasteiger partial charge in [-0.05, 0) is 38.1 Å². The average Bonchev–Trinajstić information content (AvgIpc) is 3.08. The molecule has 2 aliphatic heterocycles. The van der Waals surface area contributed by atoms with E-state index in [0.29, 0.717) is 6.61 Å². The zero-order chi connectivity index (χ0) is 13.4. The van der Waals surface area contributed by atoms with Crippen molar-refractivity contribution in [3.63, 3.8) is 0 Å². The fourth-order valence-corrected chi connectivity index (χ4v) is 3.14. The summed E-state index contributed by atoms with van der Waals surface area (Å²) in [5.41, 5.74) is 0.811. The molecule has 0 amide bonds. The minimum Gasteiger partial charge on any atom is -0.491 e. The Hall–Kier alpha value is -1.75. The van der Waals surface area contributed by atoms with Crippen molar-refractivity contribution in [3.05, 3.63) is 18.2 Å². The number of likely N-dealkylation sites (tertiary alicyclic amines) is 1. The van der Waals surface area contributed by atoms with E-state index in [1.807, 2.05) is 18.2 Å². The Balaban J connectivity index is 1.60. The van der Waals surface area contributed by atoms with Gasteiger partial charge in [0.2, 0.25) is 0 Å². The number of benzene rings is 1. The van der Waals surface area contributed by atoms with Gasteiger partial charge in [-0.1, -0.05) is 11.2 Å². The maximum absolute atomic E-state index is 5.83. The van der Waals surface area contributed by atoms with Gasteiger partial charge in [-0.15, -0.1) is 0 Å². The Morgan fingerprint density at radius 3 is 2.90 bits per heavy atom. The molecule has 2 aliphatic rings. The van der Waals surface area contributed by atoms with Crippen molar-refractivity contribution < 1.29 is 9.26 Å². The summed E-state index contributed by atoms with van der Waals surface area (Å²) in [4.78, 5) is 4.82. The number of hydrogen-bond acceptors (Lipinski definition) is 5. The largest absolute Gasteiger partial charge is 0.491 e. The van der Waals surface area contributed by atoms with Crippen LogP contribution in [0.2, 0.25) is 0 Å². The van der Waals surface area contributed by atoms with Crippen LogP contribution in [0.25, 0.3) is 11.0 Å². The molecule has 1 fully saturated rings. The summed E-state index contributed by atoms with van der Waals surface area (Å²) >= 11 is 0. The monoisotopic (exact) mass is 273 g/mol. The van der Waals surface area contributed by atoms with Crippen molar-refractivity contribution in [1.29, 1.82) is 0 Å². The minimum atomic E-state index is 0.704. The third-order valence-corrected chi connectivity index (χ3v) is 4.25. The van der Waals surface area contributed by atoms with Gasteiger partial charge in [-0.2, -0.15) is 0 Å². The number of nitrogens with zero attached hydrogens (tertiary/aromatic N) is 3. The molecule has 106 valence electrons. The number of aromatic nitrogens is 1.